The average molecular weight is 260 g/mol. The van der Waals surface area contributed by atoms with Crippen LogP contribution in [0.25, 0.3) is 0 Å². The highest BCUT2D eigenvalue weighted by molar-refractivity contribution is 9.10. The Morgan fingerprint density at radius 1 is 1.50 bits per heavy atom. The zero-order valence-electron chi connectivity index (χ0n) is 7.82. The van der Waals surface area contributed by atoms with Gasteiger partial charge in [0.1, 0.15) is 5.69 Å². The number of hydrogen-bond acceptors (Lipinski definition) is 4. The van der Waals surface area contributed by atoms with Crippen molar-refractivity contribution in [3.63, 3.8) is 0 Å². The molecule has 0 aromatic heterocycles. The molecule has 0 unspecified atom stereocenters. The predicted molar refractivity (Wildman–Crippen MR) is 58.1 cm³/mol. The summed E-state index contributed by atoms with van der Waals surface area (Å²) in [6.45, 7) is 0. The lowest BCUT2D eigenvalue weighted by Gasteiger charge is -2.13. The number of hydrazine groups is 1. The molecule has 0 heterocycles. The SMILES string of the molecule is CN(C)Nc1cccc(Br)c1[N+](=O)[O-]. The minimum absolute atomic E-state index is 0.0428. The lowest BCUT2D eigenvalue weighted by Crippen LogP contribution is -2.20. The molecule has 0 atom stereocenters. The average Bonchev–Trinajstić information content (AvgIpc) is 2.01. The van der Waals surface area contributed by atoms with Crippen molar-refractivity contribution < 1.29 is 4.92 Å². The van der Waals surface area contributed by atoms with Crippen molar-refractivity contribution in [3.8, 4) is 0 Å². The van der Waals surface area contributed by atoms with E-state index in [1.54, 1.807) is 37.3 Å². The molecule has 1 rings (SSSR count). The minimum Gasteiger partial charge on any atom is -0.313 e. The summed E-state index contributed by atoms with van der Waals surface area (Å²) in [4.78, 5) is 10.3. The molecular weight excluding hydrogens is 250 g/mol. The van der Waals surface area contributed by atoms with E-state index >= 15 is 0 Å². The van der Waals surface area contributed by atoms with E-state index in [1.165, 1.54) is 0 Å². The van der Waals surface area contributed by atoms with E-state index in [0.29, 0.717) is 10.2 Å². The summed E-state index contributed by atoms with van der Waals surface area (Å²) >= 11 is 3.14. The third kappa shape index (κ3) is 2.43. The number of nitrogens with one attached hydrogen (secondary N) is 1. The molecule has 76 valence electrons. The topological polar surface area (TPSA) is 58.4 Å². The van der Waals surface area contributed by atoms with Gasteiger partial charge in [-0.05, 0) is 28.1 Å². The summed E-state index contributed by atoms with van der Waals surface area (Å²) in [7, 11) is 3.54. The number of para-hydroxylation sites is 1. The third-order valence-electron chi connectivity index (χ3n) is 1.51. The zero-order valence-corrected chi connectivity index (χ0v) is 9.41. The number of nitrogens with zero attached hydrogens (tertiary/aromatic N) is 2. The van der Waals surface area contributed by atoms with Crippen LogP contribution >= 0.6 is 15.9 Å². The van der Waals surface area contributed by atoms with Gasteiger partial charge >= 0.3 is 5.69 Å². The molecule has 1 N–H and O–H groups in total. The standard InChI is InChI=1S/C8H10BrN3O2/c1-11(2)10-7-5-3-4-6(9)8(7)12(13)14/h3-5,10H,1-2H3. The number of nitro benzene ring substituents is 1. The summed E-state index contributed by atoms with van der Waals surface area (Å²) < 4.78 is 0.467. The van der Waals surface area contributed by atoms with Gasteiger partial charge in [-0.3, -0.25) is 10.1 Å². The molecule has 6 heteroatoms. The van der Waals surface area contributed by atoms with Gasteiger partial charge in [0.25, 0.3) is 0 Å². The largest absolute Gasteiger partial charge is 0.313 e. The molecule has 5 nitrogen and oxygen atoms in total. The van der Waals surface area contributed by atoms with Crippen LogP contribution in [0.1, 0.15) is 0 Å². The van der Waals surface area contributed by atoms with Crippen LogP contribution in [0, 0.1) is 10.1 Å². The van der Waals surface area contributed by atoms with Crippen molar-refractivity contribution in [1.82, 2.24) is 5.01 Å². The van der Waals surface area contributed by atoms with Crippen LogP contribution in [0.2, 0.25) is 0 Å². The van der Waals surface area contributed by atoms with E-state index < -0.39 is 4.92 Å². The Bertz CT molecular complexity index is 354. The van der Waals surface area contributed by atoms with Gasteiger partial charge in [-0.1, -0.05) is 6.07 Å². The summed E-state index contributed by atoms with van der Waals surface area (Å²) in [5.41, 5.74) is 3.37. The zero-order chi connectivity index (χ0) is 10.7. The Balaban J connectivity index is 3.14. The summed E-state index contributed by atoms with van der Waals surface area (Å²) in [6.07, 6.45) is 0. The van der Waals surface area contributed by atoms with Gasteiger partial charge < -0.3 is 5.43 Å². The van der Waals surface area contributed by atoms with Crippen molar-refractivity contribution in [3.05, 3.63) is 32.8 Å². The highest BCUT2D eigenvalue weighted by Gasteiger charge is 2.17. The summed E-state index contributed by atoms with van der Waals surface area (Å²) in [6, 6.07) is 5.03. The van der Waals surface area contributed by atoms with Gasteiger partial charge in [0.05, 0.1) is 9.40 Å². The molecule has 0 aliphatic rings. The monoisotopic (exact) mass is 259 g/mol. The second-order valence-corrected chi connectivity index (χ2v) is 3.75. The van der Waals surface area contributed by atoms with E-state index in [4.69, 9.17) is 0 Å². The van der Waals surface area contributed by atoms with Crippen LogP contribution < -0.4 is 5.43 Å². The number of anilines is 1. The molecule has 0 spiro atoms. The molecule has 0 bridgehead atoms. The second kappa shape index (κ2) is 4.39. The molecule has 14 heavy (non-hydrogen) atoms. The van der Waals surface area contributed by atoms with Gasteiger partial charge in [0.15, 0.2) is 0 Å². The maximum atomic E-state index is 10.7. The number of nitro groups is 1. The van der Waals surface area contributed by atoms with E-state index in [1.807, 2.05) is 0 Å². The van der Waals surface area contributed by atoms with Gasteiger partial charge in [0, 0.05) is 14.1 Å². The molecule has 0 fully saturated rings. The van der Waals surface area contributed by atoms with Crippen LogP contribution in [-0.4, -0.2) is 24.0 Å². The fourth-order valence-electron chi connectivity index (χ4n) is 1.03. The quantitative estimate of drug-likeness (QED) is 0.668. The van der Waals surface area contributed by atoms with Crippen molar-refractivity contribution in [2.45, 2.75) is 0 Å². The lowest BCUT2D eigenvalue weighted by molar-refractivity contribution is -0.384. The van der Waals surface area contributed by atoms with Crippen LogP contribution in [0.5, 0.6) is 0 Å². The van der Waals surface area contributed by atoms with Crippen LogP contribution in [0.3, 0.4) is 0 Å². The Labute approximate surface area is 90.0 Å². The number of halogens is 1. The molecule has 1 aromatic rings. The molecular formula is C8H10BrN3O2. The Morgan fingerprint density at radius 2 is 2.14 bits per heavy atom. The fraction of sp³-hybridized carbons (Fsp3) is 0.250. The molecule has 0 aliphatic heterocycles. The molecule has 0 amide bonds. The highest BCUT2D eigenvalue weighted by atomic mass is 79.9. The first-order valence-corrected chi connectivity index (χ1v) is 4.68. The van der Waals surface area contributed by atoms with Crippen molar-refractivity contribution in [2.24, 2.45) is 0 Å². The van der Waals surface area contributed by atoms with Gasteiger partial charge in [0.2, 0.25) is 0 Å². The first-order valence-electron chi connectivity index (χ1n) is 3.89. The summed E-state index contributed by atoms with van der Waals surface area (Å²) in [5, 5.41) is 12.4. The Hall–Kier alpha value is -1.14. The van der Waals surface area contributed by atoms with Crippen molar-refractivity contribution in [2.75, 3.05) is 19.5 Å². The number of hydrogen-bond donors (Lipinski definition) is 1. The van der Waals surface area contributed by atoms with Gasteiger partial charge in [-0.2, -0.15) is 0 Å². The van der Waals surface area contributed by atoms with Gasteiger partial charge in [-0.15, -0.1) is 0 Å². The minimum atomic E-state index is -0.421. The molecule has 0 aliphatic carbocycles. The highest BCUT2D eigenvalue weighted by Crippen LogP contribution is 2.32. The Kier molecular flexibility index (Phi) is 3.43. The molecule has 0 saturated carbocycles. The van der Waals surface area contributed by atoms with Crippen molar-refractivity contribution in [1.29, 1.82) is 0 Å². The van der Waals surface area contributed by atoms with Crippen LogP contribution in [0.15, 0.2) is 22.7 Å². The normalized spacial score (nSPS) is 10.3. The van der Waals surface area contributed by atoms with Crippen LogP contribution in [-0.2, 0) is 0 Å². The van der Waals surface area contributed by atoms with Gasteiger partial charge in [-0.25, -0.2) is 5.01 Å². The molecule has 1 aromatic carbocycles. The lowest BCUT2D eigenvalue weighted by atomic mass is 10.3. The number of benzene rings is 1. The van der Waals surface area contributed by atoms with E-state index in [9.17, 15) is 10.1 Å². The first-order chi connectivity index (χ1) is 6.52. The van der Waals surface area contributed by atoms with Crippen molar-refractivity contribution >= 4 is 27.3 Å². The maximum absolute atomic E-state index is 10.7. The van der Waals surface area contributed by atoms with E-state index in [-0.39, 0.29) is 5.69 Å². The molecule has 0 radical (unpaired) electrons. The van der Waals surface area contributed by atoms with E-state index in [2.05, 4.69) is 21.4 Å². The van der Waals surface area contributed by atoms with Crippen LogP contribution in [0.4, 0.5) is 11.4 Å². The smallest absolute Gasteiger partial charge is 0.307 e. The maximum Gasteiger partial charge on any atom is 0.307 e. The third-order valence-corrected chi connectivity index (χ3v) is 2.15. The number of rotatable bonds is 3. The summed E-state index contributed by atoms with van der Waals surface area (Å²) in [5.74, 6) is 0. The second-order valence-electron chi connectivity index (χ2n) is 2.90. The van der Waals surface area contributed by atoms with E-state index in [0.717, 1.165) is 0 Å². The Morgan fingerprint density at radius 3 is 2.64 bits per heavy atom. The predicted octanol–water partition coefficient (Wildman–Crippen LogP) is 2.25. The first kappa shape index (κ1) is 10.9. The fourth-order valence-corrected chi connectivity index (χ4v) is 1.54. The molecule has 0 saturated heterocycles.